The number of benzene rings is 10. The highest BCUT2D eigenvalue weighted by molar-refractivity contribution is 7.32. The van der Waals surface area contributed by atoms with Crippen molar-refractivity contribution >= 4 is 51.7 Å². The molecule has 0 spiro atoms. The van der Waals surface area contributed by atoms with E-state index >= 15 is 0 Å². The molecule has 10 aromatic carbocycles. The maximum atomic E-state index is 7.44. The number of hydrogen-bond donors (Lipinski definition) is 0. The van der Waals surface area contributed by atoms with Crippen LogP contribution in [0.15, 0.2) is 233 Å². The largest absolute Gasteiger partial charge is 0.453 e. The normalized spacial score (nSPS) is 11.3. The Morgan fingerprint density at radius 2 is 0.633 bits per heavy atom. The highest BCUT2D eigenvalue weighted by Gasteiger charge is 2.24. The van der Waals surface area contributed by atoms with E-state index in [0.717, 1.165) is 99.1 Å². The minimum Gasteiger partial charge on any atom is -0.389 e. The van der Waals surface area contributed by atoms with Gasteiger partial charge in [0.25, 0.3) is 0 Å². The van der Waals surface area contributed by atoms with Gasteiger partial charge in [-0.1, -0.05) is 200 Å². The zero-order valence-corrected chi connectivity index (χ0v) is 33.4. The Balaban J connectivity index is 1.31. The van der Waals surface area contributed by atoms with Gasteiger partial charge in [-0.2, -0.15) is 0 Å². The Hall–Kier alpha value is -7.58. The molecule has 11 rings (SSSR count). The summed E-state index contributed by atoms with van der Waals surface area (Å²) >= 11 is 0. The first kappa shape index (κ1) is 35.6. The molecule has 4 heteroatoms. The molecule has 0 atom stereocenters. The van der Waals surface area contributed by atoms with Gasteiger partial charge in [-0.25, -0.2) is 0 Å². The molecule has 0 aliphatic rings. The minimum absolute atomic E-state index is 0.687. The molecule has 3 nitrogen and oxygen atoms in total. The summed E-state index contributed by atoms with van der Waals surface area (Å²) in [6, 6.07) is 78.5. The van der Waals surface area contributed by atoms with Crippen molar-refractivity contribution in [1.82, 2.24) is 0 Å². The van der Waals surface area contributed by atoms with Crippen molar-refractivity contribution in [2.75, 3.05) is 0 Å². The van der Waals surface area contributed by atoms with Crippen LogP contribution in [-0.4, -0.2) is 0 Å². The molecule has 1 aromatic heterocycles. The van der Waals surface area contributed by atoms with Crippen molar-refractivity contribution in [1.29, 1.82) is 0 Å². The third-order valence-corrected chi connectivity index (χ3v) is 12.3. The van der Waals surface area contributed by atoms with Crippen LogP contribution >= 0.6 is 8.24 Å². The predicted octanol–water partition coefficient (Wildman–Crippen LogP) is 16.8. The molecule has 11 aromatic rings. The van der Waals surface area contributed by atoms with E-state index in [9.17, 15) is 0 Å². The Bertz CT molecular complexity index is 3160. The van der Waals surface area contributed by atoms with Crippen molar-refractivity contribution < 1.29 is 12.9 Å². The Morgan fingerprint density at radius 3 is 1.03 bits per heavy atom. The SMILES string of the molecule is c1ccc(-c2cc(-c3ccccc3)c(Op3oc4c(-c5ccccc5)cc5ccccc5c4c4c(o3)c(-c3ccccc3)cc3ccccc34)c(-c3ccccc3)c2)cc1. The molecule has 0 aliphatic heterocycles. The quantitative estimate of drug-likeness (QED) is 0.161. The molecule has 0 N–H and O–H groups in total. The van der Waals surface area contributed by atoms with Crippen LogP contribution in [-0.2, 0) is 0 Å². The van der Waals surface area contributed by atoms with Crippen LogP contribution in [0.5, 0.6) is 5.75 Å². The van der Waals surface area contributed by atoms with E-state index in [-0.39, 0.29) is 0 Å². The summed E-state index contributed by atoms with van der Waals surface area (Å²) < 4.78 is 22.2. The van der Waals surface area contributed by atoms with Crippen molar-refractivity contribution in [2.24, 2.45) is 0 Å². The van der Waals surface area contributed by atoms with Gasteiger partial charge in [0.05, 0.1) is 0 Å². The molecule has 1 heterocycles. The fraction of sp³-hybridized carbons (Fsp3) is 0. The maximum Gasteiger partial charge on any atom is 0.453 e. The molecule has 60 heavy (non-hydrogen) atoms. The molecule has 0 saturated carbocycles. The zero-order valence-electron chi connectivity index (χ0n) is 32.5. The van der Waals surface area contributed by atoms with Crippen LogP contribution in [0.2, 0.25) is 0 Å². The van der Waals surface area contributed by atoms with Gasteiger partial charge >= 0.3 is 8.24 Å². The highest BCUT2D eigenvalue weighted by Crippen LogP contribution is 2.51. The first-order chi connectivity index (χ1) is 29.8. The third-order valence-electron chi connectivity index (χ3n) is 11.3. The molecule has 0 unspecified atom stereocenters. The lowest BCUT2D eigenvalue weighted by Crippen LogP contribution is -1.93. The van der Waals surface area contributed by atoms with Gasteiger partial charge in [-0.05, 0) is 79.2 Å². The van der Waals surface area contributed by atoms with Gasteiger partial charge < -0.3 is 12.9 Å². The Morgan fingerprint density at radius 1 is 0.300 bits per heavy atom. The molecule has 0 bridgehead atoms. The van der Waals surface area contributed by atoms with Crippen LogP contribution < -0.4 is 4.52 Å². The summed E-state index contributed by atoms with van der Waals surface area (Å²) in [5, 5.41) is 6.34. The van der Waals surface area contributed by atoms with Gasteiger partial charge in [-0.15, -0.1) is 0 Å². The summed E-state index contributed by atoms with van der Waals surface area (Å²) in [5.41, 5.74) is 11.6. The van der Waals surface area contributed by atoms with Crippen LogP contribution in [0.25, 0.3) is 99.1 Å². The van der Waals surface area contributed by atoms with Crippen LogP contribution in [0.1, 0.15) is 0 Å². The van der Waals surface area contributed by atoms with Crippen molar-refractivity contribution in [2.45, 2.75) is 0 Å². The van der Waals surface area contributed by atoms with Gasteiger partial charge in [0.1, 0.15) is 0 Å². The molecular weight excluding hydrogens is 752 g/mol. The number of rotatable bonds is 7. The monoisotopic (exact) mass is 788 g/mol. The van der Waals surface area contributed by atoms with Gasteiger partial charge in [0.2, 0.25) is 0 Å². The van der Waals surface area contributed by atoms with Crippen molar-refractivity contribution in [3.63, 3.8) is 0 Å². The minimum atomic E-state index is -2.15. The average Bonchev–Trinajstić information content (AvgIpc) is 3.50. The fourth-order valence-electron chi connectivity index (χ4n) is 8.48. The van der Waals surface area contributed by atoms with E-state index < -0.39 is 8.24 Å². The average molecular weight is 789 g/mol. The lowest BCUT2D eigenvalue weighted by Gasteiger charge is -2.17. The topological polar surface area (TPSA) is 35.5 Å². The second-order valence-corrected chi connectivity index (χ2v) is 15.9. The van der Waals surface area contributed by atoms with Gasteiger partial charge in [-0.3, -0.25) is 0 Å². The number of hydrogen-bond acceptors (Lipinski definition) is 3. The van der Waals surface area contributed by atoms with E-state index in [1.807, 2.05) is 24.3 Å². The second kappa shape index (κ2) is 15.3. The molecular formula is C56H37O3P. The smallest absolute Gasteiger partial charge is 0.389 e. The first-order valence-electron chi connectivity index (χ1n) is 20.2. The van der Waals surface area contributed by atoms with Crippen LogP contribution in [0.3, 0.4) is 0 Å². The molecule has 0 fully saturated rings. The first-order valence-corrected chi connectivity index (χ1v) is 21.3. The van der Waals surface area contributed by atoms with E-state index in [4.69, 9.17) is 12.9 Å². The third kappa shape index (κ3) is 6.43. The zero-order chi connectivity index (χ0) is 39.8. The summed E-state index contributed by atoms with van der Waals surface area (Å²) in [4.78, 5) is 0. The summed E-state index contributed by atoms with van der Waals surface area (Å²) in [6.07, 6.45) is 0. The second-order valence-electron chi connectivity index (χ2n) is 14.9. The Labute approximate surface area is 349 Å². The van der Waals surface area contributed by atoms with E-state index in [1.54, 1.807) is 0 Å². The van der Waals surface area contributed by atoms with Gasteiger partial charge in [0, 0.05) is 33.0 Å². The van der Waals surface area contributed by atoms with Gasteiger partial charge in [0.15, 0.2) is 16.9 Å². The van der Waals surface area contributed by atoms with E-state index in [2.05, 4.69) is 200 Å². The molecule has 0 amide bonds. The molecule has 0 saturated heterocycles. The van der Waals surface area contributed by atoms with Crippen molar-refractivity contribution in [3.8, 4) is 61.4 Å². The summed E-state index contributed by atoms with van der Waals surface area (Å²) in [6.45, 7) is 0. The fourth-order valence-corrected chi connectivity index (χ4v) is 9.61. The molecule has 0 radical (unpaired) electrons. The van der Waals surface area contributed by atoms with Crippen molar-refractivity contribution in [3.05, 3.63) is 224 Å². The van der Waals surface area contributed by atoms with Crippen LogP contribution in [0.4, 0.5) is 0 Å². The standard InChI is InChI=1S/C56H37O3P/c1-6-20-38(21-7-1)45-36-48(39-22-8-2-9-23-39)54(49(37-45)40-24-10-3-11-25-40)57-60-58-55-50(41-26-12-4-13-27-41)34-43-30-16-18-32-46(43)52(55)53-47-33-19-17-31-44(47)35-51(56(53)59-60)42-28-14-5-15-29-42/h1-37H. The Kier molecular flexibility index (Phi) is 9.07. The number of fused-ring (bicyclic) bond motifs is 7. The summed E-state index contributed by atoms with van der Waals surface area (Å²) in [5.74, 6) is 0.687. The van der Waals surface area contributed by atoms with Crippen LogP contribution in [0, 0.1) is 0 Å². The highest BCUT2D eigenvalue weighted by atomic mass is 31.1. The molecule has 284 valence electrons. The predicted molar refractivity (Wildman–Crippen MR) is 251 cm³/mol. The lowest BCUT2D eigenvalue weighted by atomic mass is 9.91. The lowest BCUT2D eigenvalue weighted by molar-refractivity contribution is 0.501. The van der Waals surface area contributed by atoms with E-state index in [1.165, 1.54) is 0 Å². The molecule has 0 aliphatic carbocycles. The van der Waals surface area contributed by atoms with E-state index in [0.29, 0.717) is 5.75 Å². The summed E-state index contributed by atoms with van der Waals surface area (Å²) in [7, 11) is -2.15. The maximum absolute atomic E-state index is 7.44.